The van der Waals surface area contributed by atoms with E-state index in [9.17, 15) is 18.0 Å². The summed E-state index contributed by atoms with van der Waals surface area (Å²) in [6, 6.07) is -0.720. The fraction of sp³-hybridized carbons (Fsp3) is 0.571. The Hall–Kier alpha value is -1.45. The molecule has 0 bridgehead atoms. The van der Waals surface area contributed by atoms with E-state index >= 15 is 0 Å². The van der Waals surface area contributed by atoms with Gasteiger partial charge in [-0.3, -0.25) is 9.59 Å². The number of primary amides is 1. The zero-order valence-electron chi connectivity index (χ0n) is 12.8. The van der Waals surface area contributed by atoms with Gasteiger partial charge in [0, 0.05) is 11.4 Å². The zero-order chi connectivity index (χ0) is 16.8. The first-order valence-corrected chi connectivity index (χ1v) is 10.2. The van der Waals surface area contributed by atoms with Gasteiger partial charge >= 0.3 is 0 Å². The summed E-state index contributed by atoms with van der Waals surface area (Å²) in [7, 11) is -3.43. The Labute approximate surface area is 138 Å². The summed E-state index contributed by atoms with van der Waals surface area (Å²) in [6.07, 6.45) is 4.89. The van der Waals surface area contributed by atoms with Crippen molar-refractivity contribution in [3.8, 4) is 0 Å². The van der Waals surface area contributed by atoms with Gasteiger partial charge in [-0.1, -0.05) is 0 Å². The minimum absolute atomic E-state index is 0.348. The SMILES string of the molecule is CS(=O)(=O)N1CCC[C@@H]1C(=O)Nc1sc2c(c1C(N)=O)CCC2. The number of nitrogens with two attached hydrogens (primary N) is 1. The van der Waals surface area contributed by atoms with Crippen LogP contribution in [0, 0.1) is 0 Å². The number of amides is 2. The van der Waals surface area contributed by atoms with Gasteiger partial charge in [-0.2, -0.15) is 4.31 Å². The van der Waals surface area contributed by atoms with Gasteiger partial charge in [0.25, 0.3) is 5.91 Å². The van der Waals surface area contributed by atoms with Gasteiger partial charge in [-0.25, -0.2) is 8.42 Å². The molecule has 2 aliphatic rings. The maximum Gasteiger partial charge on any atom is 0.251 e. The summed E-state index contributed by atoms with van der Waals surface area (Å²) in [5, 5.41) is 3.19. The van der Waals surface area contributed by atoms with Gasteiger partial charge in [-0.15, -0.1) is 11.3 Å². The van der Waals surface area contributed by atoms with Crippen LogP contribution in [0.4, 0.5) is 5.00 Å². The Balaban J connectivity index is 1.85. The maximum atomic E-state index is 12.5. The average Bonchev–Trinajstić information content (AvgIpc) is 3.11. The first-order chi connectivity index (χ1) is 10.8. The molecule has 9 heteroatoms. The zero-order valence-corrected chi connectivity index (χ0v) is 14.4. The molecule has 0 spiro atoms. The van der Waals surface area contributed by atoms with Gasteiger partial charge in [0.2, 0.25) is 15.9 Å². The van der Waals surface area contributed by atoms with Crippen LogP contribution < -0.4 is 11.1 Å². The number of hydrogen-bond donors (Lipinski definition) is 2. The first-order valence-electron chi connectivity index (χ1n) is 7.51. The Bertz CT molecular complexity index is 769. The molecular formula is C14H19N3O4S2. The molecule has 2 heterocycles. The number of thiophene rings is 1. The summed E-state index contributed by atoms with van der Waals surface area (Å²) in [4.78, 5) is 25.3. The highest BCUT2D eigenvalue weighted by molar-refractivity contribution is 7.88. The van der Waals surface area contributed by atoms with Crippen LogP contribution in [0.2, 0.25) is 0 Å². The van der Waals surface area contributed by atoms with Gasteiger partial charge in [0.05, 0.1) is 11.8 Å². The number of carbonyl (C=O) groups excluding carboxylic acids is 2. The molecule has 7 nitrogen and oxygen atoms in total. The molecule has 2 amide bonds. The van der Waals surface area contributed by atoms with Crippen molar-refractivity contribution in [3.63, 3.8) is 0 Å². The molecule has 126 valence electrons. The second-order valence-electron chi connectivity index (χ2n) is 5.95. The van der Waals surface area contributed by atoms with Crippen molar-refractivity contribution in [2.75, 3.05) is 18.1 Å². The van der Waals surface area contributed by atoms with E-state index in [2.05, 4.69) is 5.32 Å². The lowest BCUT2D eigenvalue weighted by Gasteiger charge is -2.21. The second-order valence-corrected chi connectivity index (χ2v) is 8.99. The quantitative estimate of drug-likeness (QED) is 0.826. The van der Waals surface area contributed by atoms with Crippen LogP contribution in [0.3, 0.4) is 0 Å². The van der Waals surface area contributed by atoms with Gasteiger partial charge in [0.15, 0.2) is 0 Å². The third-order valence-corrected chi connectivity index (χ3v) is 6.83. The van der Waals surface area contributed by atoms with E-state index in [-0.39, 0.29) is 0 Å². The monoisotopic (exact) mass is 357 g/mol. The highest BCUT2D eigenvalue weighted by atomic mass is 32.2. The smallest absolute Gasteiger partial charge is 0.251 e. The van der Waals surface area contributed by atoms with Crippen LogP contribution in [0.25, 0.3) is 0 Å². The summed E-state index contributed by atoms with van der Waals surface area (Å²) in [5.74, 6) is -0.943. The molecule has 0 aromatic carbocycles. The summed E-state index contributed by atoms with van der Waals surface area (Å²) >= 11 is 1.37. The normalized spacial score (nSPS) is 21.3. The fourth-order valence-corrected chi connectivity index (χ4v) is 5.77. The van der Waals surface area contributed by atoms with Crippen LogP contribution in [-0.4, -0.2) is 43.4 Å². The van der Waals surface area contributed by atoms with Gasteiger partial charge in [0.1, 0.15) is 11.0 Å². The summed E-state index contributed by atoms with van der Waals surface area (Å²) < 4.78 is 24.7. The number of fused-ring (bicyclic) bond motifs is 1. The Morgan fingerprint density at radius 3 is 2.70 bits per heavy atom. The largest absolute Gasteiger partial charge is 0.365 e. The van der Waals surface area contributed by atoms with Crippen molar-refractivity contribution >= 4 is 38.2 Å². The first kappa shape index (κ1) is 16.4. The number of aryl methyl sites for hydroxylation is 1. The van der Waals surface area contributed by atoms with E-state index in [1.807, 2.05) is 0 Å². The Morgan fingerprint density at radius 1 is 1.30 bits per heavy atom. The van der Waals surface area contributed by atoms with E-state index in [4.69, 9.17) is 5.73 Å². The molecule has 1 aliphatic carbocycles. The van der Waals surface area contributed by atoms with Crippen molar-refractivity contribution in [1.82, 2.24) is 4.31 Å². The highest BCUT2D eigenvalue weighted by Gasteiger charge is 2.37. The molecule has 1 aromatic rings. The third-order valence-electron chi connectivity index (χ3n) is 4.34. The molecule has 1 atom stereocenters. The number of carbonyl (C=O) groups is 2. The molecule has 0 saturated carbocycles. The fourth-order valence-electron chi connectivity index (χ4n) is 3.35. The Morgan fingerprint density at radius 2 is 2.04 bits per heavy atom. The number of sulfonamides is 1. The molecule has 23 heavy (non-hydrogen) atoms. The van der Waals surface area contributed by atoms with E-state index in [1.54, 1.807) is 0 Å². The van der Waals surface area contributed by atoms with E-state index in [0.29, 0.717) is 30.0 Å². The highest BCUT2D eigenvalue weighted by Crippen LogP contribution is 2.39. The lowest BCUT2D eigenvalue weighted by Crippen LogP contribution is -2.42. The van der Waals surface area contributed by atoms with Crippen molar-refractivity contribution in [2.24, 2.45) is 5.73 Å². The van der Waals surface area contributed by atoms with Crippen LogP contribution in [0.5, 0.6) is 0 Å². The molecule has 3 N–H and O–H groups in total. The van der Waals surface area contributed by atoms with E-state index in [0.717, 1.165) is 36.0 Å². The topological polar surface area (TPSA) is 110 Å². The maximum absolute atomic E-state index is 12.5. The molecule has 1 aromatic heterocycles. The minimum Gasteiger partial charge on any atom is -0.365 e. The predicted octanol–water partition coefficient (Wildman–Crippen LogP) is 0.698. The predicted molar refractivity (Wildman–Crippen MR) is 88.1 cm³/mol. The minimum atomic E-state index is -3.43. The van der Waals surface area contributed by atoms with E-state index < -0.39 is 27.9 Å². The lowest BCUT2D eigenvalue weighted by atomic mass is 10.1. The Kier molecular flexibility index (Phi) is 4.19. The number of hydrogen-bond acceptors (Lipinski definition) is 5. The van der Waals surface area contributed by atoms with E-state index in [1.165, 1.54) is 15.6 Å². The standard InChI is InChI=1S/C14H19N3O4S2/c1-23(20,21)17-7-3-5-9(17)13(19)16-14-11(12(15)18)8-4-2-6-10(8)22-14/h9H,2-7H2,1H3,(H2,15,18)(H,16,19)/t9-/m1/s1. The van der Waals surface area contributed by atoms with Crippen molar-refractivity contribution in [1.29, 1.82) is 0 Å². The second kappa shape index (κ2) is 5.88. The van der Waals surface area contributed by atoms with Gasteiger partial charge < -0.3 is 11.1 Å². The molecule has 1 fully saturated rings. The number of nitrogens with zero attached hydrogens (tertiary/aromatic N) is 1. The van der Waals surface area contributed by atoms with Crippen LogP contribution in [0.1, 0.15) is 40.1 Å². The summed E-state index contributed by atoms with van der Waals surface area (Å²) in [6.45, 7) is 0.348. The molecule has 0 unspecified atom stereocenters. The summed E-state index contributed by atoms with van der Waals surface area (Å²) in [5.41, 5.74) is 6.79. The van der Waals surface area contributed by atoms with Crippen LogP contribution in [0.15, 0.2) is 0 Å². The molecule has 1 aliphatic heterocycles. The molecule has 3 rings (SSSR count). The van der Waals surface area contributed by atoms with Crippen molar-refractivity contribution in [2.45, 2.75) is 38.1 Å². The molecule has 1 saturated heterocycles. The average molecular weight is 357 g/mol. The van der Waals surface area contributed by atoms with Crippen molar-refractivity contribution < 1.29 is 18.0 Å². The van der Waals surface area contributed by atoms with Crippen LogP contribution in [-0.2, 0) is 27.7 Å². The van der Waals surface area contributed by atoms with Gasteiger partial charge in [-0.05, 0) is 37.7 Å². The van der Waals surface area contributed by atoms with Crippen molar-refractivity contribution in [3.05, 3.63) is 16.0 Å². The molecular weight excluding hydrogens is 338 g/mol. The number of nitrogens with one attached hydrogen (secondary N) is 1. The number of rotatable bonds is 4. The molecule has 0 radical (unpaired) electrons. The van der Waals surface area contributed by atoms with Crippen LogP contribution >= 0.6 is 11.3 Å². The number of anilines is 1. The lowest BCUT2D eigenvalue weighted by molar-refractivity contribution is -0.119. The third kappa shape index (κ3) is 3.00.